The summed E-state index contributed by atoms with van der Waals surface area (Å²) in [6.07, 6.45) is 0. The smallest absolute Gasteiger partial charge is 0.335 e. The first-order chi connectivity index (χ1) is 9.88. The number of sulfonamides is 1. The lowest BCUT2D eigenvalue weighted by Gasteiger charge is -2.07. The van der Waals surface area contributed by atoms with Crippen LogP contribution >= 0.6 is 0 Å². The maximum atomic E-state index is 12.1. The lowest BCUT2D eigenvalue weighted by atomic mass is 10.2. The average molecular weight is 306 g/mol. The molecule has 0 fully saturated rings. The van der Waals surface area contributed by atoms with E-state index in [9.17, 15) is 13.2 Å². The number of rotatable bonds is 5. The average Bonchev–Trinajstić information content (AvgIpc) is 2.45. The Hall–Kier alpha value is -2.25. The Labute approximate surface area is 122 Å². The van der Waals surface area contributed by atoms with Crippen LogP contribution in [0, 0.1) is 6.92 Å². The van der Waals surface area contributed by atoms with Crippen molar-refractivity contribution >= 4 is 16.0 Å². The number of nitrogens with one attached hydrogen (secondary N) is 1. The van der Waals surface area contributed by atoms with Crippen LogP contribution in [0.3, 0.4) is 0 Å². The molecule has 0 saturated carbocycles. The van der Waals surface area contributed by atoms with Crippen molar-refractivity contribution in [3.63, 3.8) is 0 Å². The zero-order chi connectivity index (χ0) is 15.5. The van der Waals surface area contributed by atoms with E-state index < -0.39 is 16.0 Å². The van der Waals surface area contributed by atoms with Crippen molar-refractivity contribution in [1.29, 1.82) is 0 Å². The number of pyridine rings is 1. The van der Waals surface area contributed by atoms with E-state index in [1.807, 2.05) is 13.0 Å². The second-order valence-electron chi connectivity index (χ2n) is 4.43. The summed E-state index contributed by atoms with van der Waals surface area (Å²) in [6, 6.07) is 10.5. The van der Waals surface area contributed by atoms with Gasteiger partial charge in [0.1, 0.15) is 0 Å². The highest BCUT2D eigenvalue weighted by atomic mass is 32.2. The van der Waals surface area contributed by atoms with Gasteiger partial charge in [0, 0.05) is 5.69 Å². The van der Waals surface area contributed by atoms with Gasteiger partial charge in [-0.1, -0.05) is 12.1 Å². The lowest BCUT2D eigenvalue weighted by Crippen LogP contribution is -2.24. The molecule has 0 spiro atoms. The SMILES string of the molecule is Cc1cccc(CNS(=O)(=O)c2cccc(C(=O)O)c2)n1. The largest absolute Gasteiger partial charge is 0.478 e. The molecule has 0 aliphatic rings. The molecule has 21 heavy (non-hydrogen) atoms. The number of hydrogen-bond donors (Lipinski definition) is 2. The number of nitrogens with zero attached hydrogens (tertiary/aromatic N) is 1. The predicted octanol–water partition coefficient (Wildman–Crippen LogP) is 1.57. The Morgan fingerprint density at radius 1 is 1.24 bits per heavy atom. The number of carbonyl (C=O) groups is 1. The minimum Gasteiger partial charge on any atom is -0.478 e. The van der Waals surface area contributed by atoms with Gasteiger partial charge in [0.2, 0.25) is 10.0 Å². The molecule has 2 aromatic rings. The fraction of sp³-hybridized carbons (Fsp3) is 0.143. The number of hydrogen-bond acceptors (Lipinski definition) is 4. The lowest BCUT2D eigenvalue weighted by molar-refractivity contribution is 0.0696. The summed E-state index contributed by atoms with van der Waals surface area (Å²) < 4.78 is 26.7. The molecule has 6 nitrogen and oxygen atoms in total. The molecule has 1 heterocycles. The van der Waals surface area contributed by atoms with Gasteiger partial charge in [0.25, 0.3) is 0 Å². The van der Waals surface area contributed by atoms with Crippen molar-refractivity contribution < 1.29 is 18.3 Å². The molecule has 110 valence electrons. The fourth-order valence-electron chi connectivity index (χ4n) is 1.75. The van der Waals surface area contributed by atoms with E-state index in [-0.39, 0.29) is 17.0 Å². The number of aromatic carboxylic acids is 1. The minimum atomic E-state index is -3.78. The van der Waals surface area contributed by atoms with Gasteiger partial charge in [-0.25, -0.2) is 17.9 Å². The summed E-state index contributed by atoms with van der Waals surface area (Å²) in [5, 5.41) is 8.89. The number of carboxylic acids is 1. The summed E-state index contributed by atoms with van der Waals surface area (Å²) in [5.74, 6) is -1.17. The molecule has 0 bridgehead atoms. The molecule has 0 aliphatic carbocycles. The van der Waals surface area contributed by atoms with E-state index in [1.54, 1.807) is 12.1 Å². The molecule has 2 rings (SSSR count). The first-order valence-electron chi connectivity index (χ1n) is 6.14. The number of aromatic nitrogens is 1. The third-order valence-corrected chi connectivity index (χ3v) is 4.18. The molecule has 2 N–H and O–H groups in total. The van der Waals surface area contributed by atoms with Crippen LogP contribution in [0.25, 0.3) is 0 Å². The highest BCUT2D eigenvalue weighted by Crippen LogP contribution is 2.12. The van der Waals surface area contributed by atoms with Crippen molar-refractivity contribution in [2.45, 2.75) is 18.4 Å². The maximum absolute atomic E-state index is 12.1. The Balaban J connectivity index is 2.19. The van der Waals surface area contributed by atoms with E-state index in [2.05, 4.69) is 9.71 Å². The van der Waals surface area contributed by atoms with Crippen LogP contribution in [-0.4, -0.2) is 24.5 Å². The van der Waals surface area contributed by atoms with Crippen molar-refractivity contribution in [3.8, 4) is 0 Å². The molecule has 0 unspecified atom stereocenters. The second kappa shape index (κ2) is 6.02. The van der Waals surface area contributed by atoms with E-state index >= 15 is 0 Å². The Bertz CT molecular complexity index is 772. The van der Waals surface area contributed by atoms with Gasteiger partial charge in [-0.05, 0) is 37.3 Å². The Morgan fingerprint density at radius 3 is 2.62 bits per heavy atom. The zero-order valence-electron chi connectivity index (χ0n) is 11.3. The molecule has 0 amide bonds. The van der Waals surface area contributed by atoms with Gasteiger partial charge < -0.3 is 5.11 Å². The molecule has 7 heteroatoms. The van der Waals surface area contributed by atoms with Crippen LogP contribution in [0.4, 0.5) is 0 Å². The summed E-state index contributed by atoms with van der Waals surface area (Å²) >= 11 is 0. The van der Waals surface area contributed by atoms with E-state index in [0.29, 0.717) is 5.69 Å². The van der Waals surface area contributed by atoms with Crippen LogP contribution in [0.15, 0.2) is 47.4 Å². The summed E-state index contributed by atoms with van der Waals surface area (Å²) in [4.78, 5) is 15.0. The first-order valence-corrected chi connectivity index (χ1v) is 7.62. The standard InChI is InChI=1S/C14H14N2O4S/c1-10-4-2-6-12(16-10)9-15-21(19,20)13-7-3-5-11(8-13)14(17)18/h2-8,15H,9H2,1H3,(H,17,18). The molecule has 0 saturated heterocycles. The monoisotopic (exact) mass is 306 g/mol. The molecular weight excluding hydrogens is 292 g/mol. The zero-order valence-corrected chi connectivity index (χ0v) is 12.1. The van der Waals surface area contributed by atoms with E-state index in [1.165, 1.54) is 18.2 Å². The van der Waals surface area contributed by atoms with Gasteiger partial charge in [-0.15, -0.1) is 0 Å². The predicted molar refractivity (Wildman–Crippen MR) is 76.4 cm³/mol. The molecule has 0 radical (unpaired) electrons. The Morgan fingerprint density at radius 2 is 1.95 bits per heavy atom. The van der Waals surface area contributed by atoms with E-state index in [4.69, 9.17) is 5.11 Å². The van der Waals surface area contributed by atoms with Crippen molar-refractivity contribution in [3.05, 3.63) is 59.4 Å². The van der Waals surface area contributed by atoms with Crippen molar-refractivity contribution in [1.82, 2.24) is 9.71 Å². The second-order valence-corrected chi connectivity index (χ2v) is 6.19. The molecule has 0 atom stereocenters. The highest BCUT2D eigenvalue weighted by Gasteiger charge is 2.16. The summed E-state index contributed by atoms with van der Waals surface area (Å²) in [6.45, 7) is 1.86. The van der Waals surface area contributed by atoms with Crippen LogP contribution < -0.4 is 4.72 Å². The highest BCUT2D eigenvalue weighted by molar-refractivity contribution is 7.89. The minimum absolute atomic E-state index is 0.0430. The van der Waals surface area contributed by atoms with Crippen LogP contribution in [0.1, 0.15) is 21.7 Å². The fourth-order valence-corrected chi connectivity index (χ4v) is 2.79. The van der Waals surface area contributed by atoms with Gasteiger partial charge in [0.15, 0.2) is 0 Å². The molecule has 1 aromatic heterocycles. The number of carboxylic acid groups (broad SMARTS) is 1. The molecule has 0 aliphatic heterocycles. The summed E-state index contributed by atoms with van der Waals surface area (Å²) in [5.41, 5.74) is 1.30. The number of benzene rings is 1. The maximum Gasteiger partial charge on any atom is 0.335 e. The topological polar surface area (TPSA) is 96.4 Å². The van der Waals surface area contributed by atoms with Crippen LogP contribution in [-0.2, 0) is 16.6 Å². The van der Waals surface area contributed by atoms with Gasteiger partial charge in [0.05, 0.1) is 22.7 Å². The van der Waals surface area contributed by atoms with Crippen LogP contribution in [0.5, 0.6) is 0 Å². The van der Waals surface area contributed by atoms with Gasteiger partial charge >= 0.3 is 5.97 Å². The molecule has 1 aromatic carbocycles. The first kappa shape index (κ1) is 15.1. The Kier molecular flexibility index (Phi) is 4.35. The number of aryl methyl sites for hydroxylation is 1. The quantitative estimate of drug-likeness (QED) is 0.874. The van der Waals surface area contributed by atoms with E-state index in [0.717, 1.165) is 11.8 Å². The van der Waals surface area contributed by atoms with Crippen molar-refractivity contribution in [2.24, 2.45) is 0 Å². The van der Waals surface area contributed by atoms with Crippen molar-refractivity contribution in [2.75, 3.05) is 0 Å². The van der Waals surface area contributed by atoms with Gasteiger partial charge in [-0.3, -0.25) is 4.98 Å². The summed E-state index contributed by atoms with van der Waals surface area (Å²) in [7, 11) is -3.78. The normalized spacial score (nSPS) is 11.3. The third-order valence-electron chi connectivity index (χ3n) is 2.78. The van der Waals surface area contributed by atoms with Crippen LogP contribution in [0.2, 0.25) is 0 Å². The molecular formula is C14H14N2O4S. The third kappa shape index (κ3) is 3.87. The van der Waals surface area contributed by atoms with Gasteiger partial charge in [-0.2, -0.15) is 0 Å².